The van der Waals surface area contributed by atoms with E-state index in [1.54, 1.807) is 0 Å². The number of hydrogen-bond donors (Lipinski definition) is 2. The van der Waals surface area contributed by atoms with Crippen LogP contribution in [0.4, 0.5) is 0 Å². The summed E-state index contributed by atoms with van der Waals surface area (Å²) >= 11 is 1.18. The Kier molecular flexibility index (Phi) is 2.53. The van der Waals surface area contributed by atoms with E-state index in [0.717, 1.165) is 24.7 Å². The fourth-order valence-electron chi connectivity index (χ4n) is 1.30. The van der Waals surface area contributed by atoms with Crippen LogP contribution in [0.1, 0.15) is 5.69 Å². The van der Waals surface area contributed by atoms with Crippen molar-refractivity contribution in [1.29, 1.82) is 0 Å². The lowest BCUT2D eigenvalue weighted by atomic mass is 10.5. The summed E-state index contributed by atoms with van der Waals surface area (Å²) in [6, 6.07) is 0. The first-order chi connectivity index (χ1) is 6.75. The van der Waals surface area contributed by atoms with Crippen LogP contribution >= 0.6 is 11.3 Å². The van der Waals surface area contributed by atoms with E-state index in [4.69, 9.17) is 0 Å². The monoisotopic (exact) mass is 212 g/mol. The molecule has 0 aromatic carbocycles. The molecule has 1 aliphatic heterocycles. The van der Waals surface area contributed by atoms with Gasteiger partial charge in [-0.25, -0.2) is 0 Å². The molecule has 0 saturated carbocycles. The average molecular weight is 212 g/mol. The molecule has 2 heterocycles. The molecule has 0 saturated heterocycles. The van der Waals surface area contributed by atoms with E-state index < -0.39 is 0 Å². The maximum atomic E-state index is 10.8. The van der Waals surface area contributed by atoms with E-state index in [2.05, 4.69) is 20.2 Å². The smallest absolute Gasteiger partial charge is 0.304 e. The van der Waals surface area contributed by atoms with Crippen LogP contribution in [0, 0.1) is 0 Å². The third kappa shape index (κ3) is 1.95. The zero-order valence-corrected chi connectivity index (χ0v) is 8.73. The van der Waals surface area contributed by atoms with Crippen molar-refractivity contribution >= 4 is 17.3 Å². The normalized spacial score (nSPS) is 15.8. The molecule has 76 valence electrons. The highest BCUT2D eigenvalue weighted by atomic mass is 32.1. The number of thiazole rings is 1. The van der Waals surface area contributed by atoms with E-state index in [1.807, 2.05) is 12.4 Å². The topological polar surface area (TPSA) is 60.5 Å². The van der Waals surface area contributed by atoms with Gasteiger partial charge in [0.05, 0.1) is 13.1 Å². The number of rotatable bonds is 2. The Labute approximate surface area is 85.5 Å². The second-order valence-corrected chi connectivity index (χ2v) is 4.00. The molecule has 2 N–H and O–H groups in total. The van der Waals surface area contributed by atoms with Gasteiger partial charge < -0.3 is 15.2 Å². The van der Waals surface area contributed by atoms with E-state index in [0.29, 0.717) is 6.54 Å². The van der Waals surface area contributed by atoms with Crippen LogP contribution in [0.2, 0.25) is 0 Å². The summed E-state index contributed by atoms with van der Waals surface area (Å²) in [5, 5.41) is 5.00. The van der Waals surface area contributed by atoms with Crippen molar-refractivity contribution in [1.82, 2.24) is 15.2 Å². The van der Waals surface area contributed by atoms with Crippen LogP contribution in [0.15, 0.2) is 15.2 Å². The van der Waals surface area contributed by atoms with Crippen LogP contribution < -0.4 is 10.2 Å². The number of nitrogens with zero attached hydrogens (tertiary/aromatic N) is 2. The van der Waals surface area contributed by atoms with Crippen molar-refractivity contribution in [3.63, 3.8) is 0 Å². The lowest BCUT2D eigenvalue weighted by Crippen LogP contribution is -2.35. The van der Waals surface area contributed by atoms with Crippen molar-refractivity contribution in [3.05, 3.63) is 20.7 Å². The average Bonchev–Trinajstić information content (AvgIpc) is 2.72. The van der Waals surface area contributed by atoms with Crippen LogP contribution in [-0.4, -0.2) is 36.0 Å². The van der Waals surface area contributed by atoms with E-state index in [9.17, 15) is 4.79 Å². The number of likely N-dealkylation sites (N-methyl/N-ethyl adjacent to an activating group) is 1. The molecule has 0 fully saturated rings. The summed E-state index contributed by atoms with van der Waals surface area (Å²) in [4.78, 5) is 19.9. The summed E-state index contributed by atoms with van der Waals surface area (Å²) < 4.78 is 0. The Morgan fingerprint density at radius 2 is 2.64 bits per heavy atom. The molecular formula is C8H12N4OS. The molecular weight excluding hydrogens is 200 g/mol. The lowest BCUT2D eigenvalue weighted by Gasteiger charge is -2.14. The van der Waals surface area contributed by atoms with Gasteiger partial charge in [-0.15, -0.1) is 0 Å². The second kappa shape index (κ2) is 3.83. The van der Waals surface area contributed by atoms with Gasteiger partial charge in [-0.05, 0) is 0 Å². The SMILES string of the molecule is CN1CCN=C1NCc1csc(=O)[nH]1. The summed E-state index contributed by atoms with van der Waals surface area (Å²) in [7, 11) is 2.00. The fourth-order valence-corrected chi connectivity index (χ4v) is 1.88. The number of nitrogens with one attached hydrogen (secondary N) is 2. The van der Waals surface area contributed by atoms with Crippen molar-refractivity contribution < 1.29 is 0 Å². The molecule has 5 nitrogen and oxygen atoms in total. The molecule has 6 heteroatoms. The van der Waals surface area contributed by atoms with Gasteiger partial charge in [0, 0.05) is 24.7 Å². The quantitative estimate of drug-likeness (QED) is 0.715. The molecule has 0 unspecified atom stereocenters. The molecule has 0 aliphatic carbocycles. The van der Waals surface area contributed by atoms with Crippen LogP contribution in [0.25, 0.3) is 0 Å². The minimum absolute atomic E-state index is 0.0106. The van der Waals surface area contributed by atoms with Crippen molar-refractivity contribution in [3.8, 4) is 0 Å². The standard InChI is InChI=1S/C8H12N4OS/c1-12-3-2-9-7(12)10-4-6-5-14-8(13)11-6/h5H,2-4H2,1H3,(H,9,10)(H,11,13). The number of aromatic nitrogens is 1. The number of guanidine groups is 1. The van der Waals surface area contributed by atoms with Gasteiger partial charge >= 0.3 is 4.87 Å². The number of aliphatic imine (C=N–C) groups is 1. The Balaban J connectivity index is 1.91. The molecule has 0 spiro atoms. The Morgan fingerprint density at radius 1 is 1.79 bits per heavy atom. The number of H-pyrrole nitrogens is 1. The molecule has 2 rings (SSSR count). The highest BCUT2D eigenvalue weighted by Crippen LogP contribution is 1.98. The first-order valence-corrected chi connectivity index (χ1v) is 5.30. The highest BCUT2D eigenvalue weighted by molar-refractivity contribution is 7.07. The van der Waals surface area contributed by atoms with Gasteiger partial charge in [-0.1, -0.05) is 11.3 Å². The van der Waals surface area contributed by atoms with Crippen LogP contribution in [0.5, 0.6) is 0 Å². The van der Waals surface area contributed by atoms with Gasteiger partial charge in [-0.2, -0.15) is 0 Å². The largest absolute Gasteiger partial charge is 0.351 e. The molecule has 1 aromatic rings. The number of aromatic amines is 1. The van der Waals surface area contributed by atoms with Crippen LogP contribution in [-0.2, 0) is 6.54 Å². The molecule has 0 radical (unpaired) electrons. The van der Waals surface area contributed by atoms with Gasteiger partial charge in [0.25, 0.3) is 0 Å². The van der Waals surface area contributed by atoms with E-state index >= 15 is 0 Å². The zero-order valence-electron chi connectivity index (χ0n) is 7.91. The summed E-state index contributed by atoms with van der Waals surface area (Å²) in [5.41, 5.74) is 0.906. The molecule has 0 amide bonds. The maximum Gasteiger partial charge on any atom is 0.304 e. The Morgan fingerprint density at radius 3 is 3.21 bits per heavy atom. The molecule has 0 bridgehead atoms. The Hall–Kier alpha value is -1.30. The Bertz CT molecular complexity index is 394. The van der Waals surface area contributed by atoms with E-state index in [-0.39, 0.29) is 4.87 Å². The minimum atomic E-state index is -0.0106. The first-order valence-electron chi connectivity index (χ1n) is 4.42. The predicted octanol–water partition coefficient (Wildman–Crippen LogP) is -0.173. The summed E-state index contributed by atoms with van der Waals surface area (Å²) in [6.07, 6.45) is 0. The van der Waals surface area contributed by atoms with Gasteiger partial charge in [0.15, 0.2) is 5.96 Å². The van der Waals surface area contributed by atoms with Crippen molar-refractivity contribution in [2.75, 3.05) is 20.1 Å². The van der Waals surface area contributed by atoms with E-state index in [1.165, 1.54) is 11.3 Å². The van der Waals surface area contributed by atoms with Gasteiger partial charge in [0.1, 0.15) is 0 Å². The molecule has 0 atom stereocenters. The fraction of sp³-hybridized carbons (Fsp3) is 0.500. The summed E-state index contributed by atoms with van der Waals surface area (Å²) in [6.45, 7) is 2.43. The van der Waals surface area contributed by atoms with Gasteiger partial charge in [-0.3, -0.25) is 9.79 Å². The number of hydrogen-bond acceptors (Lipinski definition) is 5. The lowest BCUT2D eigenvalue weighted by molar-refractivity contribution is 0.533. The van der Waals surface area contributed by atoms with Crippen LogP contribution in [0.3, 0.4) is 0 Å². The minimum Gasteiger partial charge on any atom is -0.351 e. The zero-order chi connectivity index (χ0) is 9.97. The maximum absolute atomic E-state index is 10.8. The third-order valence-corrected chi connectivity index (χ3v) is 2.78. The molecule has 1 aromatic heterocycles. The van der Waals surface area contributed by atoms with Crippen molar-refractivity contribution in [2.45, 2.75) is 6.54 Å². The summed E-state index contributed by atoms with van der Waals surface area (Å²) in [5.74, 6) is 0.900. The predicted molar refractivity (Wildman–Crippen MR) is 56.7 cm³/mol. The van der Waals surface area contributed by atoms with Gasteiger partial charge in [0.2, 0.25) is 0 Å². The first kappa shape index (κ1) is 9.26. The molecule has 14 heavy (non-hydrogen) atoms. The van der Waals surface area contributed by atoms with Crippen molar-refractivity contribution in [2.24, 2.45) is 4.99 Å². The third-order valence-electron chi connectivity index (χ3n) is 2.07. The molecule has 1 aliphatic rings. The second-order valence-electron chi connectivity index (χ2n) is 3.15. The highest BCUT2D eigenvalue weighted by Gasteiger charge is 2.11.